The third-order valence-electron chi connectivity index (χ3n) is 6.01. The maximum Gasteiger partial charge on any atom is 0.239 e. The van der Waals surface area contributed by atoms with Crippen LogP contribution in [0.3, 0.4) is 0 Å². The number of hydrogen-bond acceptors (Lipinski definition) is 7. The second-order valence-electron chi connectivity index (χ2n) is 8.93. The summed E-state index contributed by atoms with van der Waals surface area (Å²) in [5.74, 6) is 1.29. The zero-order valence-corrected chi connectivity index (χ0v) is 21.7. The smallest absolute Gasteiger partial charge is 0.239 e. The fourth-order valence-electron chi connectivity index (χ4n) is 4.11. The van der Waals surface area contributed by atoms with Crippen molar-refractivity contribution in [2.75, 3.05) is 56.4 Å². The van der Waals surface area contributed by atoms with Crippen molar-refractivity contribution in [3.63, 3.8) is 0 Å². The normalized spacial score (nSPS) is 14.2. The molecule has 1 aliphatic heterocycles. The van der Waals surface area contributed by atoms with Crippen LogP contribution in [0.5, 0.6) is 0 Å². The molecule has 1 fully saturated rings. The summed E-state index contributed by atoms with van der Waals surface area (Å²) >= 11 is 6.31. The van der Waals surface area contributed by atoms with Crippen molar-refractivity contribution in [2.24, 2.45) is 0 Å². The molecule has 0 aliphatic carbocycles. The molecule has 194 valence electrons. The fourth-order valence-corrected chi connectivity index (χ4v) is 4.30. The molecule has 0 atom stereocenters. The van der Waals surface area contributed by atoms with Gasteiger partial charge < -0.3 is 16.0 Å². The third-order valence-corrected chi connectivity index (χ3v) is 6.38. The Hall–Kier alpha value is -3.53. The first-order valence-electron chi connectivity index (χ1n) is 12.4. The van der Waals surface area contributed by atoms with Crippen molar-refractivity contribution in [3.8, 4) is 11.4 Å². The van der Waals surface area contributed by atoms with Crippen LogP contribution in [-0.2, 0) is 16.1 Å². The van der Waals surface area contributed by atoms with Crippen molar-refractivity contribution < 1.29 is 9.59 Å². The maximum atomic E-state index is 12.9. The van der Waals surface area contributed by atoms with E-state index in [2.05, 4.69) is 41.8 Å². The summed E-state index contributed by atoms with van der Waals surface area (Å²) in [6.07, 6.45) is 0. The van der Waals surface area contributed by atoms with Crippen LogP contribution in [0, 0.1) is 0 Å². The highest BCUT2D eigenvalue weighted by Gasteiger charge is 2.20. The zero-order chi connectivity index (χ0) is 26.0. The summed E-state index contributed by atoms with van der Waals surface area (Å²) in [6, 6.07) is 19.2. The number of benzene rings is 2. The Bertz CT molecular complexity index is 1200. The average molecular weight is 522 g/mol. The molecule has 37 heavy (non-hydrogen) atoms. The summed E-state index contributed by atoms with van der Waals surface area (Å²) in [4.78, 5) is 37.6. The molecular weight excluding hydrogens is 490 g/mol. The van der Waals surface area contributed by atoms with E-state index < -0.39 is 0 Å². The maximum absolute atomic E-state index is 12.9. The number of aromatic nitrogens is 2. The van der Waals surface area contributed by atoms with Crippen molar-refractivity contribution in [3.05, 3.63) is 71.2 Å². The van der Waals surface area contributed by atoms with Gasteiger partial charge in [0.15, 0.2) is 5.82 Å². The van der Waals surface area contributed by atoms with Gasteiger partial charge in [0, 0.05) is 69.4 Å². The second kappa shape index (κ2) is 13.1. The number of nitrogens with zero attached hydrogens (tertiary/aromatic N) is 4. The van der Waals surface area contributed by atoms with E-state index in [9.17, 15) is 9.59 Å². The summed E-state index contributed by atoms with van der Waals surface area (Å²) in [5.41, 5.74) is 1.97. The van der Waals surface area contributed by atoms with Crippen LogP contribution in [0.4, 0.5) is 11.6 Å². The molecule has 3 aromatic rings. The van der Waals surface area contributed by atoms with Crippen LogP contribution in [0.1, 0.15) is 12.5 Å². The molecule has 1 aromatic heterocycles. The molecule has 2 aromatic carbocycles. The van der Waals surface area contributed by atoms with E-state index >= 15 is 0 Å². The molecule has 0 saturated carbocycles. The Labute approximate surface area is 222 Å². The van der Waals surface area contributed by atoms with Crippen LogP contribution >= 0.6 is 11.6 Å². The first-order valence-corrected chi connectivity index (χ1v) is 12.7. The van der Waals surface area contributed by atoms with Gasteiger partial charge in [-0.05, 0) is 11.6 Å². The van der Waals surface area contributed by atoms with Crippen molar-refractivity contribution in [1.82, 2.24) is 25.1 Å². The molecule has 2 heterocycles. The van der Waals surface area contributed by atoms with Crippen LogP contribution in [0.2, 0.25) is 5.02 Å². The van der Waals surface area contributed by atoms with E-state index in [4.69, 9.17) is 11.6 Å². The highest BCUT2D eigenvalue weighted by atomic mass is 35.5. The van der Waals surface area contributed by atoms with Crippen molar-refractivity contribution in [1.29, 1.82) is 0 Å². The number of carbonyl (C=O) groups excluding carboxylic acids is 2. The van der Waals surface area contributed by atoms with Gasteiger partial charge in [0.1, 0.15) is 11.6 Å². The Kier molecular flexibility index (Phi) is 9.42. The summed E-state index contributed by atoms with van der Waals surface area (Å²) < 4.78 is 0. The number of piperazine rings is 1. The molecule has 0 radical (unpaired) electrons. The highest BCUT2D eigenvalue weighted by Crippen LogP contribution is 2.21. The van der Waals surface area contributed by atoms with Gasteiger partial charge in [0.05, 0.1) is 6.54 Å². The van der Waals surface area contributed by atoms with E-state index in [1.54, 1.807) is 6.07 Å². The zero-order valence-electron chi connectivity index (χ0n) is 20.9. The molecule has 1 aliphatic rings. The van der Waals surface area contributed by atoms with Crippen LogP contribution < -0.4 is 16.0 Å². The van der Waals surface area contributed by atoms with Gasteiger partial charge in [-0.3, -0.25) is 19.4 Å². The van der Waals surface area contributed by atoms with E-state index in [0.717, 1.165) is 48.9 Å². The molecule has 0 spiro atoms. The van der Waals surface area contributed by atoms with Gasteiger partial charge in [0.25, 0.3) is 0 Å². The van der Waals surface area contributed by atoms with E-state index in [0.29, 0.717) is 30.5 Å². The molecule has 9 nitrogen and oxygen atoms in total. The number of hydrogen-bond donors (Lipinski definition) is 3. The standard InChI is InChI=1S/C27H32ClN7O2/c1-20(36)29-11-12-30-24-17-25(33-27(32-24)21-7-3-2-4-8-21)31-26(37)19-35-15-13-34(14-16-35)18-22-9-5-6-10-23(22)28/h2-10,17H,11-16,18-19H2,1H3,(H,29,36)(H2,30,31,32,33,37). The predicted octanol–water partition coefficient (Wildman–Crippen LogP) is 3.10. The monoisotopic (exact) mass is 521 g/mol. The Morgan fingerprint density at radius 2 is 1.57 bits per heavy atom. The van der Waals surface area contributed by atoms with E-state index in [1.165, 1.54) is 6.92 Å². The average Bonchev–Trinajstić information content (AvgIpc) is 2.89. The molecule has 0 bridgehead atoms. The Morgan fingerprint density at radius 1 is 0.892 bits per heavy atom. The third kappa shape index (κ3) is 8.24. The van der Waals surface area contributed by atoms with Crippen molar-refractivity contribution in [2.45, 2.75) is 13.5 Å². The Balaban J connectivity index is 1.34. The minimum Gasteiger partial charge on any atom is -0.368 e. The molecule has 3 N–H and O–H groups in total. The van der Waals surface area contributed by atoms with Crippen LogP contribution in [0.25, 0.3) is 11.4 Å². The highest BCUT2D eigenvalue weighted by molar-refractivity contribution is 6.31. The first-order chi connectivity index (χ1) is 18.0. The van der Waals surface area contributed by atoms with E-state index in [-0.39, 0.29) is 18.4 Å². The predicted molar refractivity (Wildman–Crippen MR) is 146 cm³/mol. The summed E-state index contributed by atoms with van der Waals surface area (Å²) in [7, 11) is 0. The lowest BCUT2D eigenvalue weighted by molar-refractivity contribution is -0.119. The molecule has 0 unspecified atom stereocenters. The Morgan fingerprint density at radius 3 is 2.30 bits per heavy atom. The van der Waals surface area contributed by atoms with Gasteiger partial charge in [-0.1, -0.05) is 60.1 Å². The molecule has 1 saturated heterocycles. The second-order valence-corrected chi connectivity index (χ2v) is 9.34. The number of halogens is 1. The van der Waals surface area contributed by atoms with Gasteiger partial charge in [-0.25, -0.2) is 9.97 Å². The molecule has 2 amide bonds. The van der Waals surface area contributed by atoms with Crippen LogP contribution in [0.15, 0.2) is 60.7 Å². The van der Waals surface area contributed by atoms with Crippen molar-refractivity contribution >= 4 is 35.1 Å². The van der Waals surface area contributed by atoms with Gasteiger partial charge in [-0.2, -0.15) is 0 Å². The number of anilines is 2. The van der Waals surface area contributed by atoms with Gasteiger partial charge >= 0.3 is 0 Å². The number of carbonyl (C=O) groups is 2. The fraction of sp³-hybridized carbons (Fsp3) is 0.333. The minimum atomic E-state index is -0.124. The minimum absolute atomic E-state index is 0.0906. The quantitative estimate of drug-likeness (QED) is 0.352. The summed E-state index contributed by atoms with van der Waals surface area (Å²) in [5, 5.41) is 9.65. The largest absolute Gasteiger partial charge is 0.368 e. The number of nitrogens with one attached hydrogen (secondary N) is 3. The van der Waals surface area contributed by atoms with E-state index in [1.807, 2.05) is 48.5 Å². The topological polar surface area (TPSA) is 102 Å². The number of amides is 2. The summed E-state index contributed by atoms with van der Waals surface area (Å²) in [6.45, 7) is 6.86. The van der Waals surface area contributed by atoms with Crippen LogP contribution in [-0.4, -0.2) is 77.4 Å². The first kappa shape index (κ1) is 26.5. The lowest BCUT2D eigenvalue weighted by Gasteiger charge is -2.34. The SMILES string of the molecule is CC(=O)NCCNc1cc(NC(=O)CN2CCN(Cc3ccccc3Cl)CC2)nc(-c2ccccc2)n1. The lowest BCUT2D eigenvalue weighted by Crippen LogP contribution is -2.48. The van der Waals surface area contributed by atoms with Gasteiger partial charge in [-0.15, -0.1) is 0 Å². The number of rotatable bonds is 10. The van der Waals surface area contributed by atoms with Gasteiger partial charge in [0.2, 0.25) is 11.8 Å². The molecular formula is C27H32ClN7O2. The molecule has 10 heteroatoms. The lowest BCUT2D eigenvalue weighted by atomic mass is 10.2. The molecule has 4 rings (SSSR count).